The van der Waals surface area contributed by atoms with Crippen molar-refractivity contribution in [3.8, 4) is 0 Å². The lowest BCUT2D eigenvalue weighted by atomic mass is 10.2. The maximum atomic E-state index is 11.6. The lowest BCUT2D eigenvalue weighted by molar-refractivity contribution is 0.0601. The van der Waals surface area contributed by atoms with Gasteiger partial charge in [0.1, 0.15) is 11.3 Å². The zero-order valence-electron chi connectivity index (χ0n) is 11.2. The highest BCUT2D eigenvalue weighted by Crippen LogP contribution is 2.13. The van der Waals surface area contributed by atoms with Crippen LogP contribution < -0.4 is 10.9 Å². The number of H-pyrrole nitrogens is 1. The van der Waals surface area contributed by atoms with Crippen molar-refractivity contribution in [1.29, 1.82) is 0 Å². The molecule has 0 spiro atoms. The third-order valence-corrected chi connectivity index (χ3v) is 1.99. The average molecular weight is 268 g/mol. The highest BCUT2D eigenvalue weighted by molar-refractivity contribution is 5.99. The minimum absolute atomic E-state index is 0.0443. The minimum atomic E-state index is -0.825. The van der Waals surface area contributed by atoms with Crippen LogP contribution in [-0.4, -0.2) is 29.8 Å². The Kier molecular flexibility index (Phi) is 4.31. The summed E-state index contributed by atoms with van der Waals surface area (Å²) in [5, 5.41) is 2.24. The fourth-order valence-electron chi connectivity index (χ4n) is 1.29. The quantitative estimate of drug-likeness (QED) is 0.792. The number of hydrogen-bond donors (Lipinski definition) is 2. The molecular formula is C12H16N2O5. The van der Waals surface area contributed by atoms with Crippen molar-refractivity contribution in [3.63, 3.8) is 0 Å². The van der Waals surface area contributed by atoms with E-state index >= 15 is 0 Å². The number of methoxy groups -OCH3 is 1. The molecule has 1 amide bonds. The number of carbonyl (C=O) groups excluding carboxylic acids is 2. The Morgan fingerprint density at radius 2 is 1.95 bits per heavy atom. The number of amides is 1. The topological polar surface area (TPSA) is 97.5 Å². The summed E-state index contributed by atoms with van der Waals surface area (Å²) in [5.74, 6) is -0.725. The summed E-state index contributed by atoms with van der Waals surface area (Å²) in [4.78, 5) is 37.1. The number of anilines is 1. The first-order valence-electron chi connectivity index (χ1n) is 5.54. The van der Waals surface area contributed by atoms with Crippen LogP contribution in [0.25, 0.3) is 0 Å². The Balaban J connectivity index is 3.04. The van der Waals surface area contributed by atoms with Gasteiger partial charge in [-0.3, -0.25) is 10.1 Å². The Hall–Kier alpha value is -2.31. The van der Waals surface area contributed by atoms with Crippen LogP contribution in [-0.2, 0) is 9.47 Å². The molecule has 0 bridgehead atoms. The van der Waals surface area contributed by atoms with Crippen LogP contribution >= 0.6 is 0 Å². The molecule has 19 heavy (non-hydrogen) atoms. The third kappa shape index (κ3) is 4.13. The van der Waals surface area contributed by atoms with Crippen molar-refractivity contribution < 1.29 is 19.1 Å². The van der Waals surface area contributed by atoms with E-state index < -0.39 is 23.2 Å². The first-order chi connectivity index (χ1) is 8.74. The van der Waals surface area contributed by atoms with E-state index in [1.165, 1.54) is 19.4 Å². The molecule has 0 saturated heterocycles. The zero-order chi connectivity index (χ0) is 14.6. The summed E-state index contributed by atoms with van der Waals surface area (Å²) >= 11 is 0. The molecule has 104 valence electrons. The summed E-state index contributed by atoms with van der Waals surface area (Å²) in [6.45, 7) is 5.05. The Labute approximate surface area is 109 Å². The summed E-state index contributed by atoms with van der Waals surface area (Å²) in [5.41, 5.74) is -1.58. The first kappa shape index (κ1) is 14.7. The van der Waals surface area contributed by atoms with E-state index in [-0.39, 0.29) is 11.3 Å². The fourth-order valence-corrected chi connectivity index (χ4v) is 1.29. The smallest absolute Gasteiger partial charge is 0.412 e. The molecule has 0 fully saturated rings. The van der Waals surface area contributed by atoms with Gasteiger partial charge in [0, 0.05) is 6.20 Å². The lowest BCUT2D eigenvalue weighted by Gasteiger charge is -2.19. The van der Waals surface area contributed by atoms with Crippen LogP contribution in [0.4, 0.5) is 10.5 Å². The number of nitrogens with one attached hydrogen (secondary N) is 2. The molecule has 0 atom stereocenters. The second-order valence-corrected chi connectivity index (χ2v) is 4.71. The largest absolute Gasteiger partial charge is 0.465 e. The van der Waals surface area contributed by atoms with Gasteiger partial charge in [0.05, 0.1) is 12.7 Å². The molecule has 0 radical (unpaired) electrons. The van der Waals surface area contributed by atoms with Crippen LogP contribution in [0.1, 0.15) is 31.1 Å². The molecule has 0 saturated carbocycles. The van der Waals surface area contributed by atoms with E-state index in [1.54, 1.807) is 20.8 Å². The van der Waals surface area contributed by atoms with Crippen LogP contribution in [0, 0.1) is 0 Å². The van der Waals surface area contributed by atoms with E-state index in [2.05, 4.69) is 15.0 Å². The van der Waals surface area contributed by atoms with Crippen molar-refractivity contribution in [2.24, 2.45) is 0 Å². The van der Waals surface area contributed by atoms with E-state index in [4.69, 9.17) is 4.74 Å². The Bertz CT molecular complexity index is 542. The molecule has 2 N–H and O–H groups in total. The van der Waals surface area contributed by atoms with E-state index in [1.807, 2.05) is 0 Å². The third-order valence-electron chi connectivity index (χ3n) is 1.99. The molecule has 0 aliphatic carbocycles. The standard InChI is InChI=1S/C12H16N2O5/c1-12(2,3)19-11(17)14-8-7(10(16)18-4)5-6-13-9(8)15/h5-6H,1-4H3,(H,13,15)(H,14,17). The minimum Gasteiger partial charge on any atom is -0.465 e. The summed E-state index contributed by atoms with van der Waals surface area (Å²) < 4.78 is 9.54. The predicted octanol–water partition coefficient (Wildman–Crippen LogP) is 1.51. The summed E-state index contributed by atoms with van der Waals surface area (Å²) in [6.07, 6.45) is 0.462. The van der Waals surface area contributed by atoms with E-state index in [9.17, 15) is 14.4 Å². The molecule has 1 aromatic rings. The van der Waals surface area contributed by atoms with Crippen LogP contribution in [0.15, 0.2) is 17.1 Å². The predicted molar refractivity (Wildman–Crippen MR) is 68.3 cm³/mol. The number of hydrogen-bond acceptors (Lipinski definition) is 5. The maximum Gasteiger partial charge on any atom is 0.412 e. The molecule has 0 aromatic carbocycles. The Morgan fingerprint density at radius 1 is 1.32 bits per heavy atom. The van der Waals surface area contributed by atoms with Crippen molar-refractivity contribution in [2.75, 3.05) is 12.4 Å². The van der Waals surface area contributed by atoms with Crippen molar-refractivity contribution in [1.82, 2.24) is 4.98 Å². The number of esters is 1. The van der Waals surface area contributed by atoms with Gasteiger partial charge in [-0.15, -0.1) is 0 Å². The van der Waals surface area contributed by atoms with Gasteiger partial charge in [-0.1, -0.05) is 0 Å². The summed E-state index contributed by atoms with van der Waals surface area (Å²) in [7, 11) is 1.18. The van der Waals surface area contributed by atoms with Gasteiger partial charge in [0.15, 0.2) is 0 Å². The maximum absolute atomic E-state index is 11.6. The van der Waals surface area contributed by atoms with Gasteiger partial charge >= 0.3 is 12.1 Å². The molecular weight excluding hydrogens is 252 g/mol. The Morgan fingerprint density at radius 3 is 2.47 bits per heavy atom. The van der Waals surface area contributed by atoms with Gasteiger partial charge in [0.2, 0.25) is 0 Å². The number of carbonyl (C=O) groups is 2. The normalized spacial score (nSPS) is 10.7. The van der Waals surface area contributed by atoms with Crippen LogP contribution in [0.3, 0.4) is 0 Å². The number of rotatable bonds is 2. The monoisotopic (exact) mass is 268 g/mol. The molecule has 1 aromatic heterocycles. The molecule has 7 nitrogen and oxygen atoms in total. The van der Waals surface area contributed by atoms with E-state index in [0.29, 0.717) is 0 Å². The van der Waals surface area contributed by atoms with Gasteiger partial charge in [0.25, 0.3) is 5.56 Å². The molecule has 7 heteroatoms. The van der Waals surface area contributed by atoms with Gasteiger partial charge in [-0.05, 0) is 26.8 Å². The van der Waals surface area contributed by atoms with Crippen molar-refractivity contribution >= 4 is 17.7 Å². The number of ether oxygens (including phenoxy) is 2. The van der Waals surface area contributed by atoms with Crippen LogP contribution in [0.5, 0.6) is 0 Å². The van der Waals surface area contributed by atoms with Gasteiger partial charge in [-0.25, -0.2) is 9.59 Å². The van der Waals surface area contributed by atoms with E-state index in [0.717, 1.165) is 0 Å². The van der Waals surface area contributed by atoms with Gasteiger partial charge < -0.3 is 14.5 Å². The first-order valence-corrected chi connectivity index (χ1v) is 5.54. The highest BCUT2D eigenvalue weighted by atomic mass is 16.6. The van der Waals surface area contributed by atoms with Gasteiger partial charge in [-0.2, -0.15) is 0 Å². The zero-order valence-corrected chi connectivity index (χ0v) is 11.2. The van der Waals surface area contributed by atoms with Crippen molar-refractivity contribution in [3.05, 3.63) is 28.2 Å². The number of aromatic amines is 1. The molecule has 0 aliphatic rings. The second-order valence-electron chi connectivity index (χ2n) is 4.71. The molecule has 0 aliphatic heterocycles. The lowest BCUT2D eigenvalue weighted by Crippen LogP contribution is -2.30. The number of aromatic nitrogens is 1. The van der Waals surface area contributed by atoms with Crippen molar-refractivity contribution in [2.45, 2.75) is 26.4 Å². The fraction of sp³-hybridized carbons (Fsp3) is 0.417. The average Bonchev–Trinajstić information content (AvgIpc) is 2.28. The molecule has 0 unspecified atom stereocenters. The highest BCUT2D eigenvalue weighted by Gasteiger charge is 2.21. The SMILES string of the molecule is COC(=O)c1cc[nH]c(=O)c1NC(=O)OC(C)(C)C. The molecule has 1 rings (SSSR count). The summed E-state index contributed by atoms with van der Waals surface area (Å²) in [6, 6.07) is 1.33. The number of pyridine rings is 1. The second kappa shape index (κ2) is 5.55. The molecule has 1 heterocycles. The van der Waals surface area contributed by atoms with Crippen LogP contribution in [0.2, 0.25) is 0 Å².